The van der Waals surface area contributed by atoms with Crippen molar-refractivity contribution in [1.82, 2.24) is 15.1 Å². The summed E-state index contributed by atoms with van der Waals surface area (Å²) < 4.78 is 1.77. The van der Waals surface area contributed by atoms with Crippen LogP contribution < -0.4 is 5.32 Å². The van der Waals surface area contributed by atoms with Crippen LogP contribution in [0.5, 0.6) is 0 Å². The van der Waals surface area contributed by atoms with E-state index in [1.54, 1.807) is 4.68 Å². The SMILES string of the molecule is Cc1nn(C)c2sc(C(=O)NCCSCC(=O)O)cc12. The number of hydrogen-bond donors (Lipinski definition) is 2. The average Bonchev–Trinajstić information content (AvgIpc) is 2.91. The monoisotopic (exact) mass is 313 g/mol. The summed E-state index contributed by atoms with van der Waals surface area (Å²) in [6.07, 6.45) is 0. The number of hydrogen-bond acceptors (Lipinski definition) is 5. The van der Waals surface area contributed by atoms with Crippen molar-refractivity contribution in [1.29, 1.82) is 0 Å². The summed E-state index contributed by atoms with van der Waals surface area (Å²) in [6, 6.07) is 1.85. The minimum atomic E-state index is -0.839. The summed E-state index contributed by atoms with van der Waals surface area (Å²) in [5, 5.41) is 16.6. The number of amides is 1. The van der Waals surface area contributed by atoms with Gasteiger partial charge >= 0.3 is 5.97 Å². The first-order valence-electron chi connectivity index (χ1n) is 6.00. The third kappa shape index (κ3) is 3.31. The van der Waals surface area contributed by atoms with Gasteiger partial charge in [0.25, 0.3) is 5.91 Å². The smallest absolute Gasteiger partial charge is 0.313 e. The number of aromatic nitrogens is 2. The molecule has 2 aromatic rings. The predicted molar refractivity (Wildman–Crippen MR) is 80.6 cm³/mol. The molecule has 0 saturated heterocycles. The van der Waals surface area contributed by atoms with E-state index in [1.165, 1.54) is 23.1 Å². The lowest BCUT2D eigenvalue weighted by molar-refractivity contribution is -0.133. The predicted octanol–water partition coefficient (Wildman–Crippen LogP) is 1.49. The van der Waals surface area contributed by atoms with Crippen molar-refractivity contribution >= 4 is 45.2 Å². The van der Waals surface area contributed by atoms with Gasteiger partial charge in [0, 0.05) is 24.7 Å². The molecular formula is C12H15N3O3S2. The number of carbonyl (C=O) groups is 2. The molecule has 0 saturated carbocycles. The molecule has 2 N–H and O–H groups in total. The highest BCUT2D eigenvalue weighted by Gasteiger charge is 2.14. The van der Waals surface area contributed by atoms with Gasteiger partial charge < -0.3 is 10.4 Å². The molecular weight excluding hydrogens is 298 g/mol. The Bertz CT molecular complexity index is 613. The minimum Gasteiger partial charge on any atom is -0.481 e. The average molecular weight is 313 g/mol. The van der Waals surface area contributed by atoms with E-state index < -0.39 is 5.97 Å². The van der Waals surface area contributed by atoms with Crippen LogP contribution in [0, 0.1) is 6.92 Å². The number of carboxylic acids is 1. The maximum atomic E-state index is 12.0. The Morgan fingerprint density at radius 3 is 2.95 bits per heavy atom. The van der Waals surface area contributed by atoms with Crippen molar-refractivity contribution in [3.8, 4) is 0 Å². The molecule has 0 unspecified atom stereocenters. The molecule has 6 nitrogen and oxygen atoms in total. The highest BCUT2D eigenvalue weighted by molar-refractivity contribution is 7.99. The molecule has 1 amide bonds. The van der Waals surface area contributed by atoms with E-state index in [0.717, 1.165) is 15.9 Å². The fourth-order valence-corrected chi connectivity index (χ4v) is 3.41. The fourth-order valence-electron chi connectivity index (χ4n) is 1.80. The Morgan fingerprint density at radius 1 is 1.55 bits per heavy atom. The summed E-state index contributed by atoms with van der Waals surface area (Å²) in [7, 11) is 1.86. The zero-order valence-corrected chi connectivity index (χ0v) is 12.8. The van der Waals surface area contributed by atoms with E-state index in [-0.39, 0.29) is 11.7 Å². The van der Waals surface area contributed by atoms with Gasteiger partial charge in [-0.1, -0.05) is 0 Å². The number of thioether (sulfide) groups is 1. The van der Waals surface area contributed by atoms with Crippen molar-refractivity contribution in [2.45, 2.75) is 6.92 Å². The van der Waals surface area contributed by atoms with E-state index in [9.17, 15) is 9.59 Å². The van der Waals surface area contributed by atoms with E-state index in [0.29, 0.717) is 17.2 Å². The first-order chi connectivity index (χ1) is 9.49. The molecule has 108 valence electrons. The largest absolute Gasteiger partial charge is 0.481 e. The first kappa shape index (κ1) is 14.9. The third-order valence-electron chi connectivity index (χ3n) is 2.68. The van der Waals surface area contributed by atoms with Gasteiger partial charge in [-0.05, 0) is 13.0 Å². The van der Waals surface area contributed by atoms with Gasteiger partial charge in [0.1, 0.15) is 4.83 Å². The van der Waals surface area contributed by atoms with E-state index >= 15 is 0 Å². The topological polar surface area (TPSA) is 84.2 Å². The zero-order chi connectivity index (χ0) is 14.7. The van der Waals surface area contributed by atoms with Gasteiger partial charge in [0.2, 0.25) is 0 Å². The molecule has 0 fully saturated rings. The number of carboxylic acid groups (broad SMARTS) is 1. The summed E-state index contributed by atoms with van der Waals surface area (Å²) in [5.41, 5.74) is 0.912. The van der Waals surface area contributed by atoms with Crippen LogP contribution in [-0.2, 0) is 11.8 Å². The van der Waals surface area contributed by atoms with Crippen LogP contribution in [0.1, 0.15) is 15.4 Å². The van der Waals surface area contributed by atoms with Gasteiger partial charge in [-0.3, -0.25) is 14.3 Å². The standard InChI is InChI=1S/C12H15N3O3S2/c1-7-8-5-9(20-12(8)15(2)14-7)11(18)13-3-4-19-6-10(16)17/h5H,3-4,6H2,1-2H3,(H,13,18)(H,16,17). The van der Waals surface area contributed by atoms with Crippen LogP contribution >= 0.6 is 23.1 Å². The lowest BCUT2D eigenvalue weighted by Crippen LogP contribution is -2.25. The van der Waals surface area contributed by atoms with Crippen LogP contribution in [0.15, 0.2) is 6.07 Å². The first-order valence-corrected chi connectivity index (χ1v) is 7.97. The minimum absolute atomic E-state index is 0.0591. The molecule has 0 bridgehead atoms. The molecule has 0 aliphatic carbocycles. The van der Waals surface area contributed by atoms with Crippen molar-refractivity contribution in [3.63, 3.8) is 0 Å². The van der Waals surface area contributed by atoms with Gasteiger partial charge in [-0.2, -0.15) is 5.10 Å². The highest BCUT2D eigenvalue weighted by atomic mass is 32.2. The second-order valence-electron chi connectivity index (χ2n) is 4.24. The van der Waals surface area contributed by atoms with E-state index in [1.807, 2.05) is 20.0 Å². The fraction of sp³-hybridized carbons (Fsp3) is 0.417. The maximum absolute atomic E-state index is 12.0. The van der Waals surface area contributed by atoms with Gasteiger partial charge in [0.15, 0.2) is 0 Å². The number of aliphatic carboxylic acids is 1. The van der Waals surface area contributed by atoms with Crippen molar-refractivity contribution in [3.05, 3.63) is 16.6 Å². The van der Waals surface area contributed by atoms with Crippen LogP contribution in [0.2, 0.25) is 0 Å². The van der Waals surface area contributed by atoms with Crippen LogP contribution in [0.25, 0.3) is 10.2 Å². The zero-order valence-electron chi connectivity index (χ0n) is 11.2. The Kier molecular flexibility index (Phi) is 4.66. The molecule has 0 aliphatic rings. The molecule has 8 heteroatoms. The second kappa shape index (κ2) is 6.27. The van der Waals surface area contributed by atoms with E-state index in [4.69, 9.17) is 5.11 Å². The summed E-state index contributed by atoms with van der Waals surface area (Å²) in [6.45, 7) is 2.38. The second-order valence-corrected chi connectivity index (χ2v) is 6.38. The molecule has 0 aromatic carbocycles. The number of nitrogens with zero attached hydrogens (tertiary/aromatic N) is 2. The molecule has 2 aromatic heterocycles. The molecule has 0 radical (unpaired) electrons. The quantitative estimate of drug-likeness (QED) is 0.789. The number of nitrogens with one attached hydrogen (secondary N) is 1. The Labute approximate surface area is 124 Å². The molecule has 0 aliphatic heterocycles. The Hall–Kier alpha value is -1.54. The number of rotatable bonds is 6. The molecule has 2 heterocycles. The highest BCUT2D eigenvalue weighted by Crippen LogP contribution is 2.27. The van der Waals surface area contributed by atoms with Gasteiger partial charge in [-0.25, -0.2) is 0 Å². The van der Waals surface area contributed by atoms with Crippen molar-refractivity contribution in [2.24, 2.45) is 7.05 Å². The van der Waals surface area contributed by atoms with Crippen LogP contribution in [0.4, 0.5) is 0 Å². The number of carbonyl (C=O) groups excluding carboxylic acids is 1. The maximum Gasteiger partial charge on any atom is 0.313 e. The summed E-state index contributed by atoms with van der Waals surface area (Å²) >= 11 is 2.69. The van der Waals surface area contributed by atoms with E-state index in [2.05, 4.69) is 10.4 Å². The van der Waals surface area contributed by atoms with Crippen LogP contribution in [-0.4, -0.2) is 44.8 Å². The van der Waals surface area contributed by atoms with Crippen molar-refractivity contribution in [2.75, 3.05) is 18.1 Å². The summed E-state index contributed by atoms with van der Waals surface area (Å²) in [4.78, 5) is 23.9. The molecule has 0 spiro atoms. The summed E-state index contributed by atoms with van der Waals surface area (Å²) in [5.74, 6) is -0.317. The number of fused-ring (bicyclic) bond motifs is 1. The molecule has 0 atom stereocenters. The van der Waals surface area contributed by atoms with Crippen molar-refractivity contribution < 1.29 is 14.7 Å². The number of aryl methyl sites for hydroxylation is 2. The lowest BCUT2D eigenvalue weighted by atomic mass is 10.3. The van der Waals surface area contributed by atoms with Gasteiger partial charge in [0.05, 0.1) is 16.3 Å². The Morgan fingerprint density at radius 2 is 2.30 bits per heavy atom. The number of thiophene rings is 1. The molecule has 2 rings (SSSR count). The lowest BCUT2D eigenvalue weighted by Gasteiger charge is -2.02. The molecule has 20 heavy (non-hydrogen) atoms. The van der Waals surface area contributed by atoms with Crippen LogP contribution in [0.3, 0.4) is 0 Å². The van der Waals surface area contributed by atoms with Gasteiger partial charge in [-0.15, -0.1) is 23.1 Å². The Balaban J connectivity index is 1.91. The normalized spacial score (nSPS) is 10.9. The third-order valence-corrected chi connectivity index (χ3v) is 4.82.